The Labute approximate surface area is 120 Å². The van der Waals surface area contributed by atoms with E-state index in [2.05, 4.69) is 10.9 Å². The number of halogens is 1. The summed E-state index contributed by atoms with van der Waals surface area (Å²) in [6.45, 7) is 1.78. The zero-order valence-electron chi connectivity index (χ0n) is 11.2. The van der Waals surface area contributed by atoms with Crippen molar-refractivity contribution in [1.82, 2.24) is 10.9 Å². The maximum Gasteiger partial charge on any atom is 0.273 e. The molecule has 21 heavy (non-hydrogen) atoms. The van der Waals surface area contributed by atoms with Gasteiger partial charge in [-0.05, 0) is 48.9 Å². The highest BCUT2D eigenvalue weighted by Crippen LogP contribution is 2.17. The average molecular weight is 288 g/mol. The minimum Gasteiger partial charge on any atom is -0.507 e. The summed E-state index contributed by atoms with van der Waals surface area (Å²) < 4.78 is 12.7. The van der Waals surface area contributed by atoms with E-state index in [9.17, 15) is 19.1 Å². The minimum atomic E-state index is -0.650. The van der Waals surface area contributed by atoms with E-state index in [-0.39, 0.29) is 16.9 Å². The van der Waals surface area contributed by atoms with Crippen LogP contribution in [-0.2, 0) is 0 Å². The second-order valence-electron chi connectivity index (χ2n) is 4.44. The molecule has 0 unspecified atom stereocenters. The van der Waals surface area contributed by atoms with Gasteiger partial charge in [0.05, 0.1) is 5.56 Å². The van der Waals surface area contributed by atoms with Gasteiger partial charge in [-0.15, -0.1) is 0 Å². The van der Waals surface area contributed by atoms with Gasteiger partial charge in [-0.1, -0.05) is 6.07 Å². The maximum atomic E-state index is 12.7. The molecule has 0 aliphatic heterocycles. The molecule has 0 saturated heterocycles. The van der Waals surface area contributed by atoms with Crippen molar-refractivity contribution in [2.75, 3.05) is 0 Å². The topological polar surface area (TPSA) is 78.4 Å². The number of carbonyl (C=O) groups excluding carboxylic acids is 2. The summed E-state index contributed by atoms with van der Waals surface area (Å²) in [5.41, 5.74) is 5.41. The number of aryl methyl sites for hydroxylation is 1. The second kappa shape index (κ2) is 6.04. The predicted molar refractivity (Wildman–Crippen MR) is 74.2 cm³/mol. The number of amides is 2. The Balaban J connectivity index is 2.00. The molecule has 0 atom stereocenters. The van der Waals surface area contributed by atoms with Crippen molar-refractivity contribution in [2.45, 2.75) is 6.92 Å². The van der Waals surface area contributed by atoms with E-state index in [1.807, 2.05) is 0 Å². The first-order chi connectivity index (χ1) is 9.97. The van der Waals surface area contributed by atoms with Gasteiger partial charge in [-0.2, -0.15) is 0 Å². The fourth-order valence-corrected chi connectivity index (χ4v) is 1.69. The monoisotopic (exact) mass is 288 g/mol. The molecule has 0 aliphatic rings. The van der Waals surface area contributed by atoms with Crippen LogP contribution in [-0.4, -0.2) is 16.9 Å². The molecule has 2 aromatic rings. The zero-order chi connectivity index (χ0) is 15.4. The molecule has 0 radical (unpaired) electrons. The summed E-state index contributed by atoms with van der Waals surface area (Å²) in [5, 5.41) is 9.66. The molecule has 0 heterocycles. The number of nitrogens with one attached hydrogen (secondary N) is 2. The van der Waals surface area contributed by atoms with Gasteiger partial charge in [0.1, 0.15) is 11.6 Å². The van der Waals surface area contributed by atoms with Crippen molar-refractivity contribution >= 4 is 11.8 Å². The van der Waals surface area contributed by atoms with E-state index in [1.54, 1.807) is 13.0 Å². The van der Waals surface area contributed by atoms with Gasteiger partial charge in [0.15, 0.2) is 0 Å². The van der Waals surface area contributed by atoms with Crippen LogP contribution >= 0.6 is 0 Å². The third-order valence-corrected chi connectivity index (χ3v) is 2.79. The smallest absolute Gasteiger partial charge is 0.273 e. The number of hydrogen-bond acceptors (Lipinski definition) is 3. The van der Waals surface area contributed by atoms with Crippen molar-refractivity contribution in [3.63, 3.8) is 0 Å². The van der Waals surface area contributed by atoms with Crippen molar-refractivity contribution in [2.24, 2.45) is 0 Å². The molecule has 0 aromatic heterocycles. The zero-order valence-corrected chi connectivity index (χ0v) is 11.2. The van der Waals surface area contributed by atoms with Crippen LogP contribution < -0.4 is 10.9 Å². The van der Waals surface area contributed by atoms with Gasteiger partial charge in [-0.25, -0.2) is 4.39 Å². The standard InChI is InChI=1S/C15H13FN2O3/c1-9-2-7-12(13(19)8-9)15(21)18-17-14(20)10-3-5-11(16)6-4-10/h2-8,19H,1H3,(H,17,20)(H,18,21). The lowest BCUT2D eigenvalue weighted by molar-refractivity contribution is 0.0845. The van der Waals surface area contributed by atoms with Gasteiger partial charge in [0.2, 0.25) is 0 Å². The first-order valence-corrected chi connectivity index (χ1v) is 6.13. The molecule has 2 amide bonds. The molecule has 2 rings (SSSR count). The lowest BCUT2D eigenvalue weighted by atomic mass is 10.1. The third-order valence-electron chi connectivity index (χ3n) is 2.79. The van der Waals surface area contributed by atoms with Crippen LogP contribution in [0.3, 0.4) is 0 Å². The molecule has 3 N–H and O–H groups in total. The average Bonchev–Trinajstić information content (AvgIpc) is 2.45. The molecule has 108 valence electrons. The lowest BCUT2D eigenvalue weighted by Crippen LogP contribution is -2.41. The Bertz CT molecular complexity index is 684. The minimum absolute atomic E-state index is 0.0417. The lowest BCUT2D eigenvalue weighted by Gasteiger charge is -2.09. The van der Waals surface area contributed by atoms with Crippen LogP contribution in [0.15, 0.2) is 42.5 Å². The van der Waals surface area contributed by atoms with Crippen LogP contribution in [0.2, 0.25) is 0 Å². The normalized spacial score (nSPS) is 10.0. The van der Waals surface area contributed by atoms with E-state index in [0.29, 0.717) is 0 Å². The Morgan fingerprint density at radius 3 is 2.24 bits per heavy atom. The summed E-state index contributed by atoms with van der Waals surface area (Å²) >= 11 is 0. The largest absolute Gasteiger partial charge is 0.507 e. The first kappa shape index (κ1) is 14.5. The number of hydrogen-bond donors (Lipinski definition) is 3. The summed E-state index contributed by atoms with van der Waals surface area (Å²) in [4.78, 5) is 23.5. The van der Waals surface area contributed by atoms with E-state index in [0.717, 1.165) is 17.7 Å². The van der Waals surface area contributed by atoms with Crippen LogP contribution in [0.5, 0.6) is 5.75 Å². The van der Waals surface area contributed by atoms with E-state index >= 15 is 0 Å². The molecule has 2 aromatic carbocycles. The molecule has 0 saturated carbocycles. The predicted octanol–water partition coefficient (Wildman–Crippen LogP) is 1.91. The number of benzene rings is 2. The highest BCUT2D eigenvalue weighted by Gasteiger charge is 2.12. The molecule has 6 heteroatoms. The van der Waals surface area contributed by atoms with Gasteiger partial charge in [0, 0.05) is 5.56 Å². The number of phenols is 1. The number of phenolic OH excluding ortho intramolecular Hbond substituents is 1. The summed E-state index contributed by atoms with van der Waals surface area (Å²) in [5.74, 6) is -1.87. The van der Waals surface area contributed by atoms with Crippen LogP contribution in [0.25, 0.3) is 0 Å². The van der Waals surface area contributed by atoms with Crippen molar-refractivity contribution in [3.8, 4) is 5.75 Å². The van der Waals surface area contributed by atoms with Crippen molar-refractivity contribution < 1.29 is 19.1 Å². The van der Waals surface area contributed by atoms with Crippen LogP contribution in [0.1, 0.15) is 26.3 Å². The maximum absolute atomic E-state index is 12.7. The number of rotatable bonds is 2. The Morgan fingerprint density at radius 2 is 1.62 bits per heavy atom. The fourth-order valence-electron chi connectivity index (χ4n) is 1.69. The van der Waals surface area contributed by atoms with E-state index in [1.165, 1.54) is 24.3 Å². The van der Waals surface area contributed by atoms with Gasteiger partial charge < -0.3 is 5.11 Å². The van der Waals surface area contributed by atoms with Crippen LogP contribution in [0.4, 0.5) is 4.39 Å². The Morgan fingerprint density at radius 1 is 1.00 bits per heavy atom. The third kappa shape index (κ3) is 3.56. The molecule has 0 bridgehead atoms. The molecule has 0 aliphatic carbocycles. The molecule has 0 fully saturated rings. The van der Waals surface area contributed by atoms with E-state index < -0.39 is 17.6 Å². The molecular weight excluding hydrogens is 275 g/mol. The number of carbonyl (C=O) groups is 2. The van der Waals surface area contributed by atoms with E-state index in [4.69, 9.17) is 0 Å². The number of hydrazine groups is 1. The number of aromatic hydroxyl groups is 1. The van der Waals surface area contributed by atoms with Crippen LogP contribution in [0, 0.1) is 12.7 Å². The second-order valence-corrected chi connectivity index (χ2v) is 4.44. The van der Waals surface area contributed by atoms with Gasteiger partial charge in [0.25, 0.3) is 11.8 Å². The highest BCUT2D eigenvalue weighted by molar-refractivity contribution is 6.00. The quantitative estimate of drug-likeness (QED) is 0.739. The summed E-state index contributed by atoms with van der Waals surface area (Å²) in [6, 6.07) is 9.42. The van der Waals surface area contributed by atoms with Crippen molar-refractivity contribution in [3.05, 3.63) is 65.0 Å². The SMILES string of the molecule is Cc1ccc(C(=O)NNC(=O)c2ccc(F)cc2)c(O)c1. The molecule has 5 nitrogen and oxygen atoms in total. The van der Waals surface area contributed by atoms with Crippen molar-refractivity contribution in [1.29, 1.82) is 0 Å². The summed E-state index contributed by atoms with van der Waals surface area (Å²) in [7, 11) is 0. The Kier molecular flexibility index (Phi) is 4.18. The highest BCUT2D eigenvalue weighted by atomic mass is 19.1. The Hall–Kier alpha value is -2.89. The first-order valence-electron chi connectivity index (χ1n) is 6.13. The van der Waals surface area contributed by atoms with Gasteiger partial charge >= 0.3 is 0 Å². The molecular formula is C15H13FN2O3. The summed E-state index contributed by atoms with van der Waals surface area (Å²) in [6.07, 6.45) is 0. The fraction of sp³-hybridized carbons (Fsp3) is 0.0667. The molecule has 0 spiro atoms. The van der Waals surface area contributed by atoms with Gasteiger partial charge in [-0.3, -0.25) is 20.4 Å².